The molecule has 0 saturated heterocycles. The van der Waals surface area contributed by atoms with E-state index in [4.69, 9.17) is 0 Å². The molecular weight excluding hydrogens is 259 g/mol. The van der Waals surface area contributed by atoms with Crippen molar-refractivity contribution in [1.29, 1.82) is 0 Å². The van der Waals surface area contributed by atoms with Crippen LogP contribution in [0.5, 0.6) is 0 Å². The fourth-order valence-electron chi connectivity index (χ4n) is 3.61. The Morgan fingerprint density at radius 3 is 1.86 bits per heavy atom. The zero-order valence-corrected chi connectivity index (χ0v) is 11.2. The highest BCUT2D eigenvalue weighted by molar-refractivity contribution is 6.33. The van der Waals surface area contributed by atoms with Gasteiger partial charge in [0.1, 0.15) is 5.82 Å². The van der Waals surface area contributed by atoms with Gasteiger partial charge >= 0.3 is 0 Å². The zero-order chi connectivity index (χ0) is 14.0. The van der Waals surface area contributed by atoms with Crippen LogP contribution >= 0.6 is 0 Å². The van der Waals surface area contributed by atoms with Gasteiger partial charge in [0.2, 0.25) is 0 Å². The van der Waals surface area contributed by atoms with Crippen molar-refractivity contribution in [3.05, 3.63) is 72.5 Å². The molecule has 0 saturated carbocycles. The summed E-state index contributed by atoms with van der Waals surface area (Å²) in [6.45, 7) is 0. The van der Waals surface area contributed by atoms with Crippen molar-refractivity contribution in [3.8, 4) is 0 Å². The lowest BCUT2D eigenvalue weighted by Gasteiger charge is -2.14. The van der Waals surface area contributed by atoms with Crippen LogP contribution < -0.4 is 0 Å². The number of fused-ring (bicyclic) bond motifs is 3. The molecule has 0 unspecified atom stereocenters. The Bertz CT molecular complexity index is 1140. The number of hydrogen-bond acceptors (Lipinski definition) is 0. The second kappa shape index (κ2) is 3.70. The number of hydrogen-bond donors (Lipinski definition) is 0. The van der Waals surface area contributed by atoms with Crippen molar-refractivity contribution in [2.24, 2.45) is 0 Å². The minimum atomic E-state index is -0.143. The first-order chi connectivity index (χ1) is 10.3. The van der Waals surface area contributed by atoms with Gasteiger partial charge in [-0.1, -0.05) is 60.7 Å². The van der Waals surface area contributed by atoms with E-state index in [1.165, 1.54) is 21.5 Å². The van der Waals surface area contributed by atoms with Gasteiger partial charge in [0, 0.05) is 10.8 Å². The molecule has 0 aromatic heterocycles. The van der Waals surface area contributed by atoms with Crippen LogP contribution in [0.4, 0.5) is 4.39 Å². The maximum Gasteiger partial charge on any atom is 0.131 e. The van der Waals surface area contributed by atoms with Crippen LogP contribution in [0.15, 0.2) is 66.7 Å². The first-order valence-electron chi connectivity index (χ1n) is 7.08. The third-order valence-corrected chi connectivity index (χ3v) is 4.46. The third kappa shape index (κ3) is 1.28. The van der Waals surface area contributed by atoms with Crippen LogP contribution in [0.25, 0.3) is 43.1 Å². The minimum absolute atomic E-state index is 0.143. The molecule has 5 rings (SSSR count). The van der Waals surface area contributed by atoms with Gasteiger partial charge in [0.25, 0.3) is 0 Å². The van der Waals surface area contributed by atoms with Crippen molar-refractivity contribution in [1.82, 2.24) is 0 Å². The molecule has 0 nitrogen and oxygen atoms in total. The summed E-state index contributed by atoms with van der Waals surface area (Å²) in [4.78, 5) is 0. The second-order valence-corrected chi connectivity index (χ2v) is 5.54. The molecule has 0 amide bonds. The van der Waals surface area contributed by atoms with Crippen molar-refractivity contribution in [3.63, 3.8) is 0 Å². The third-order valence-electron chi connectivity index (χ3n) is 4.46. The van der Waals surface area contributed by atoms with Crippen molar-refractivity contribution < 1.29 is 4.39 Å². The monoisotopic (exact) mass is 270 g/mol. The number of halogens is 1. The topological polar surface area (TPSA) is 0 Å². The predicted octanol–water partition coefficient (Wildman–Crippen LogP) is 5.88. The highest BCUT2D eigenvalue weighted by Crippen LogP contribution is 2.41. The molecule has 0 fully saturated rings. The van der Waals surface area contributed by atoms with E-state index in [0.717, 1.165) is 16.2 Å². The van der Waals surface area contributed by atoms with Gasteiger partial charge in [-0.2, -0.15) is 0 Å². The molecule has 0 aliphatic rings. The molecule has 0 radical (unpaired) electrons. The van der Waals surface area contributed by atoms with E-state index in [2.05, 4.69) is 30.3 Å². The van der Waals surface area contributed by atoms with E-state index in [9.17, 15) is 4.39 Å². The van der Waals surface area contributed by atoms with Crippen LogP contribution in [0, 0.1) is 5.82 Å². The summed E-state index contributed by atoms with van der Waals surface area (Å²) in [7, 11) is 0. The lowest BCUT2D eigenvalue weighted by atomic mass is 9.89. The molecule has 98 valence electrons. The van der Waals surface area contributed by atoms with Crippen LogP contribution in [-0.2, 0) is 0 Å². The molecule has 0 N–H and O–H groups in total. The van der Waals surface area contributed by atoms with E-state index in [-0.39, 0.29) is 5.82 Å². The Morgan fingerprint density at radius 2 is 1.10 bits per heavy atom. The highest BCUT2D eigenvalue weighted by atomic mass is 19.1. The van der Waals surface area contributed by atoms with Gasteiger partial charge in [-0.05, 0) is 38.4 Å². The average molecular weight is 270 g/mol. The highest BCUT2D eigenvalue weighted by Gasteiger charge is 2.14. The molecule has 5 aromatic rings. The Kier molecular flexibility index (Phi) is 1.95. The van der Waals surface area contributed by atoms with Gasteiger partial charge < -0.3 is 0 Å². The first-order valence-corrected chi connectivity index (χ1v) is 7.08. The minimum Gasteiger partial charge on any atom is -0.206 e. The van der Waals surface area contributed by atoms with Crippen LogP contribution in [0.2, 0.25) is 0 Å². The van der Waals surface area contributed by atoms with Crippen molar-refractivity contribution >= 4 is 43.1 Å². The standard InChI is InChI=1S/C20H11F/c21-18-11-12-5-3-8-15-13-6-1-2-7-14(13)16-9-4-10-17(18)20(16)19(12)15/h1-11H. The molecule has 5 aromatic carbocycles. The summed E-state index contributed by atoms with van der Waals surface area (Å²) in [6.07, 6.45) is 0. The van der Waals surface area contributed by atoms with E-state index in [1.54, 1.807) is 6.07 Å². The van der Waals surface area contributed by atoms with E-state index >= 15 is 0 Å². The number of rotatable bonds is 0. The molecule has 0 aliphatic carbocycles. The fourth-order valence-corrected chi connectivity index (χ4v) is 3.61. The van der Waals surface area contributed by atoms with Gasteiger partial charge in [-0.3, -0.25) is 0 Å². The van der Waals surface area contributed by atoms with Crippen molar-refractivity contribution in [2.45, 2.75) is 0 Å². The molecule has 1 heteroatoms. The Morgan fingerprint density at radius 1 is 0.524 bits per heavy atom. The Labute approximate surface area is 120 Å². The molecule has 21 heavy (non-hydrogen) atoms. The maximum atomic E-state index is 14.4. The molecule has 0 heterocycles. The average Bonchev–Trinajstić information content (AvgIpc) is 2.54. The number of benzene rings is 5. The fraction of sp³-hybridized carbons (Fsp3) is 0. The molecule has 0 spiro atoms. The summed E-state index contributed by atoms with van der Waals surface area (Å²) < 4.78 is 14.4. The normalized spacial score (nSPS) is 12.0. The van der Waals surface area contributed by atoms with Crippen LogP contribution in [-0.4, -0.2) is 0 Å². The van der Waals surface area contributed by atoms with Gasteiger partial charge in [0.15, 0.2) is 0 Å². The van der Waals surface area contributed by atoms with E-state index in [1.807, 2.05) is 30.3 Å². The molecule has 0 atom stereocenters. The van der Waals surface area contributed by atoms with Crippen molar-refractivity contribution in [2.75, 3.05) is 0 Å². The van der Waals surface area contributed by atoms with E-state index < -0.39 is 0 Å². The smallest absolute Gasteiger partial charge is 0.131 e. The van der Waals surface area contributed by atoms with Gasteiger partial charge in [-0.25, -0.2) is 4.39 Å². The molecule has 0 bridgehead atoms. The Hall–Kier alpha value is -2.67. The lowest BCUT2D eigenvalue weighted by molar-refractivity contribution is 0.641. The summed E-state index contributed by atoms with van der Waals surface area (Å²) in [5.41, 5.74) is 0. The van der Waals surface area contributed by atoms with Crippen LogP contribution in [0.1, 0.15) is 0 Å². The summed E-state index contributed by atoms with van der Waals surface area (Å²) in [6, 6.07) is 22.1. The largest absolute Gasteiger partial charge is 0.206 e. The summed E-state index contributed by atoms with van der Waals surface area (Å²) in [5.74, 6) is -0.143. The SMILES string of the molecule is Fc1cc2cccc3c4ccccc4c4cccc1c4c23. The van der Waals surface area contributed by atoms with Gasteiger partial charge in [-0.15, -0.1) is 0 Å². The zero-order valence-electron chi connectivity index (χ0n) is 11.2. The predicted molar refractivity (Wildman–Crippen MR) is 87.6 cm³/mol. The maximum absolute atomic E-state index is 14.4. The van der Waals surface area contributed by atoms with E-state index in [0.29, 0.717) is 5.39 Å². The quantitative estimate of drug-likeness (QED) is 0.243. The first kappa shape index (κ1) is 11.0. The summed E-state index contributed by atoms with van der Waals surface area (Å²) in [5, 5.41) is 8.65. The van der Waals surface area contributed by atoms with Crippen LogP contribution in [0.3, 0.4) is 0 Å². The molecular formula is C20H11F. The second-order valence-electron chi connectivity index (χ2n) is 5.54. The summed E-state index contributed by atoms with van der Waals surface area (Å²) >= 11 is 0. The van der Waals surface area contributed by atoms with Gasteiger partial charge in [0.05, 0.1) is 0 Å². The Balaban J connectivity index is 2.32. The molecule has 0 aliphatic heterocycles. The lowest BCUT2D eigenvalue weighted by Crippen LogP contribution is -1.89.